The molecule has 0 saturated heterocycles. The van der Waals surface area contributed by atoms with Crippen LogP contribution in [-0.2, 0) is 10.0 Å². The van der Waals surface area contributed by atoms with Gasteiger partial charge in [0.25, 0.3) is 0 Å². The molecule has 0 bridgehead atoms. The Labute approximate surface area is 149 Å². The molecule has 1 aliphatic rings. The quantitative estimate of drug-likeness (QED) is 0.711. The number of nitrogens with one attached hydrogen (secondary N) is 1. The molecule has 0 amide bonds. The minimum atomic E-state index is -3.86. The van der Waals surface area contributed by atoms with Gasteiger partial charge in [0.1, 0.15) is 17.2 Å². The molecule has 8 heteroatoms. The van der Waals surface area contributed by atoms with Gasteiger partial charge in [-0.2, -0.15) is 0 Å². The van der Waals surface area contributed by atoms with Crippen molar-refractivity contribution < 1.29 is 22.6 Å². The lowest BCUT2D eigenvalue weighted by Crippen LogP contribution is -2.49. The fourth-order valence-corrected chi connectivity index (χ4v) is 4.59. The van der Waals surface area contributed by atoms with E-state index in [1.165, 1.54) is 33.5 Å². The summed E-state index contributed by atoms with van der Waals surface area (Å²) in [6.07, 6.45) is 5.96. The highest BCUT2D eigenvalue weighted by molar-refractivity contribution is 7.89. The van der Waals surface area contributed by atoms with Gasteiger partial charge in [-0.15, -0.1) is 0 Å². The van der Waals surface area contributed by atoms with E-state index in [0.29, 0.717) is 5.75 Å². The zero-order valence-corrected chi connectivity index (χ0v) is 15.9. The topological polar surface area (TPSA) is 99.9 Å². The van der Waals surface area contributed by atoms with Crippen molar-refractivity contribution in [3.05, 3.63) is 12.1 Å². The van der Waals surface area contributed by atoms with E-state index in [1.54, 1.807) is 0 Å². The van der Waals surface area contributed by atoms with Crippen molar-refractivity contribution in [3.8, 4) is 17.2 Å². The summed E-state index contributed by atoms with van der Waals surface area (Å²) in [7, 11) is 0.447. The molecule has 0 unspecified atom stereocenters. The second-order valence-corrected chi connectivity index (χ2v) is 8.17. The third kappa shape index (κ3) is 4.77. The summed E-state index contributed by atoms with van der Waals surface area (Å²) in [6, 6.07) is 3.03. The van der Waals surface area contributed by atoms with Gasteiger partial charge < -0.3 is 19.9 Å². The number of nitrogens with two attached hydrogens (primary N) is 1. The van der Waals surface area contributed by atoms with Gasteiger partial charge in [0.15, 0.2) is 4.90 Å². The van der Waals surface area contributed by atoms with Crippen molar-refractivity contribution in [1.82, 2.24) is 4.72 Å². The molecule has 3 N–H and O–H groups in total. The van der Waals surface area contributed by atoms with E-state index in [9.17, 15) is 8.42 Å². The van der Waals surface area contributed by atoms with E-state index in [0.717, 1.165) is 38.5 Å². The second kappa shape index (κ2) is 8.25. The molecule has 0 radical (unpaired) electrons. The van der Waals surface area contributed by atoms with Gasteiger partial charge in [0, 0.05) is 24.2 Å². The van der Waals surface area contributed by atoms with Gasteiger partial charge >= 0.3 is 0 Å². The molecular weight excluding hydrogens is 344 g/mol. The van der Waals surface area contributed by atoms with Crippen LogP contribution >= 0.6 is 0 Å². The highest BCUT2D eigenvalue weighted by Crippen LogP contribution is 2.37. The standard InChI is InChI=1S/C17H28N2O5S/c1-22-13-10-14(23-2)16(15(11-13)24-3)25(20,21)19-12-17(18)8-6-4-5-7-9-17/h10-11,19H,4-9,12,18H2,1-3H3. The Hall–Kier alpha value is -1.51. The van der Waals surface area contributed by atoms with Gasteiger partial charge in [-0.1, -0.05) is 25.7 Å². The maximum Gasteiger partial charge on any atom is 0.248 e. The highest BCUT2D eigenvalue weighted by atomic mass is 32.2. The van der Waals surface area contributed by atoms with Gasteiger partial charge in [0.2, 0.25) is 10.0 Å². The molecule has 1 saturated carbocycles. The molecule has 7 nitrogen and oxygen atoms in total. The Morgan fingerprint density at radius 2 is 1.52 bits per heavy atom. The van der Waals surface area contributed by atoms with Crippen LogP contribution in [0.2, 0.25) is 0 Å². The monoisotopic (exact) mass is 372 g/mol. The van der Waals surface area contributed by atoms with Crippen LogP contribution in [0.1, 0.15) is 38.5 Å². The van der Waals surface area contributed by atoms with E-state index in [4.69, 9.17) is 19.9 Å². The molecule has 1 fully saturated rings. The first-order valence-corrected chi connectivity index (χ1v) is 9.92. The number of ether oxygens (including phenoxy) is 3. The van der Waals surface area contributed by atoms with Gasteiger partial charge in [-0.3, -0.25) is 0 Å². The lowest BCUT2D eigenvalue weighted by Gasteiger charge is -2.28. The lowest BCUT2D eigenvalue weighted by atomic mass is 9.92. The number of hydrogen-bond donors (Lipinski definition) is 2. The summed E-state index contributed by atoms with van der Waals surface area (Å²) in [5, 5.41) is 0. The Morgan fingerprint density at radius 3 is 1.96 bits per heavy atom. The Bertz CT molecular complexity index is 657. The highest BCUT2D eigenvalue weighted by Gasteiger charge is 2.31. The lowest BCUT2D eigenvalue weighted by molar-refractivity contribution is 0.355. The SMILES string of the molecule is COc1cc(OC)c(S(=O)(=O)NCC2(N)CCCCCC2)c(OC)c1. The number of sulfonamides is 1. The van der Waals surface area contributed by atoms with Crippen LogP contribution in [0.15, 0.2) is 17.0 Å². The summed E-state index contributed by atoms with van der Waals surface area (Å²) in [5.41, 5.74) is 5.90. The smallest absolute Gasteiger partial charge is 0.248 e. The van der Waals surface area contributed by atoms with Crippen LogP contribution in [0.3, 0.4) is 0 Å². The van der Waals surface area contributed by atoms with E-state index >= 15 is 0 Å². The van der Waals surface area contributed by atoms with Crippen molar-refractivity contribution in [2.24, 2.45) is 5.73 Å². The fraction of sp³-hybridized carbons (Fsp3) is 0.647. The summed E-state index contributed by atoms with van der Waals surface area (Å²) in [6.45, 7) is 0.188. The predicted molar refractivity (Wildman–Crippen MR) is 95.9 cm³/mol. The molecule has 1 aromatic rings. The summed E-state index contributed by atoms with van der Waals surface area (Å²) in [5.74, 6) is 0.776. The zero-order chi connectivity index (χ0) is 18.5. The first-order chi connectivity index (χ1) is 11.8. The molecule has 1 aliphatic carbocycles. The summed E-state index contributed by atoms with van der Waals surface area (Å²) in [4.78, 5) is -0.0458. The van der Waals surface area contributed by atoms with Crippen LogP contribution in [0.4, 0.5) is 0 Å². The second-order valence-electron chi connectivity index (χ2n) is 6.46. The van der Waals surface area contributed by atoms with Crippen molar-refractivity contribution in [2.75, 3.05) is 27.9 Å². The first-order valence-electron chi connectivity index (χ1n) is 8.44. The van der Waals surface area contributed by atoms with Crippen LogP contribution in [0.25, 0.3) is 0 Å². The average molecular weight is 372 g/mol. The van der Waals surface area contributed by atoms with Crippen LogP contribution < -0.4 is 24.7 Å². The molecule has 1 aromatic carbocycles. The summed E-state index contributed by atoms with van der Waals surface area (Å²) >= 11 is 0. The molecule has 0 spiro atoms. The van der Waals surface area contributed by atoms with Crippen LogP contribution in [0.5, 0.6) is 17.2 Å². The van der Waals surface area contributed by atoms with Crippen molar-refractivity contribution in [3.63, 3.8) is 0 Å². The fourth-order valence-electron chi connectivity index (χ4n) is 3.16. The zero-order valence-electron chi connectivity index (χ0n) is 15.1. The molecule has 0 aliphatic heterocycles. The molecule has 142 valence electrons. The minimum absolute atomic E-state index is 0.0458. The van der Waals surface area contributed by atoms with E-state index < -0.39 is 15.6 Å². The van der Waals surface area contributed by atoms with Gasteiger partial charge in [-0.05, 0) is 12.8 Å². The van der Waals surface area contributed by atoms with Crippen LogP contribution in [-0.4, -0.2) is 41.8 Å². The van der Waals surface area contributed by atoms with Crippen molar-refractivity contribution >= 4 is 10.0 Å². The minimum Gasteiger partial charge on any atom is -0.496 e. The molecule has 25 heavy (non-hydrogen) atoms. The number of methoxy groups -OCH3 is 3. The Morgan fingerprint density at radius 1 is 1.00 bits per heavy atom. The maximum atomic E-state index is 12.9. The number of hydrogen-bond acceptors (Lipinski definition) is 6. The van der Waals surface area contributed by atoms with Gasteiger partial charge in [-0.25, -0.2) is 13.1 Å². The molecular formula is C17H28N2O5S. The van der Waals surface area contributed by atoms with Gasteiger partial charge in [0.05, 0.1) is 21.3 Å². The van der Waals surface area contributed by atoms with E-state index in [1.807, 2.05) is 0 Å². The Balaban J connectivity index is 2.29. The average Bonchev–Trinajstić information content (AvgIpc) is 2.83. The first kappa shape index (κ1) is 19.8. The predicted octanol–water partition coefficient (Wildman–Crippen LogP) is 2.04. The molecule has 0 heterocycles. The van der Waals surface area contributed by atoms with Crippen molar-refractivity contribution in [1.29, 1.82) is 0 Å². The molecule has 0 atom stereocenters. The largest absolute Gasteiger partial charge is 0.496 e. The molecule has 2 rings (SSSR count). The number of rotatable bonds is 7. The molecule has 0 aromatic heterocycles. The Kier molecular flexibility index (Phi) is 6.53. The number of benzene rings is 1. The third-order valence-corrected chi connectivity index (χ3v) is 6.12. The van der Waals surface area contributed by atoms with Crippen molar-refractivity contribution in [2.45, 2.75) is 49.0 Å². The van der Waals surface area contributed by atoms with E-state index in [-0.39, 0.29) is 22.9 Å². The van der Waals surface area contributed by atoms with E-state index in [2.05, 4.69) is 4.72 Å². The maximum absolute atomic E-state index is 12.9. The summed E-state index contributed by atoms with van der Waals surface area (Å²) < 4.78 is 44.1. The van der Waals surface area contributed by atoms with Crippen LogP contribution in [0, 0.1) is 0 Å². The third-order valence-electron chi connectivity index (χ3n) is 4.65. The normalized spacial score (nSPS) is 17.6.